The van der Waals surface area contributed by atoms with Gasteiger partial charge in [-0.05, 0) is 23.8 Å². The first kappa shape index (κ1) is 19.2. The minimum Gasteiger partial charge on any atom is -0.383 e. The molecule has 138 valence electrons. The molecule has 3 aromatic rings. The number of thioether (sulfide) groups is 1. The molecule has 0 atom stereocenters. The van der Waals surface area contributed by atoms with Gasteiger partial charge in [0, 0.05) is 38.7 Å². The van der Waals surface area contributed by atoms with Crippen LogP contribution in [0.25, 0.3) is 0 Å². The molecule has 3 N–H and O–H groups in total. The molecule has 0 bridgehead atoms. The molecule has 10 heteroatoms. The molecular formula is C17H14ClN5O2S2. The van der Waals surface area contributed by atoms with Crippen LogP contribution < -0.4 is 11.2 Å². The van der Waals surface area contributed by atoms with Crippen molar-refractivity contribution in [3.8, 4) is 0 Å². The molecule has 0 spiro atoms. The molecule has 0 aliphatic carbocycles. The highest BCUT2D eigenvalue weighted by Crippen LogP contribution is 2.29. The lowest BCUT2D eigenvalue weighted by Crippen LogP contribution is -1.95. The topological polar surface area (TPSA) is 106 Å². The number of hydrogen-bond acceptors (Lipinski definition) is 8. The SMILES string of the molecule is Nc1csc(NN=Cc2cc([N+](=O)[O-])ccc2SCc2ccc(Cl)cc2)n1. The zero-order valence-electron chi connectivity index (χ0n) is 13.8. The van der Waals surface area contributed by atoms with Gasteiger partial charge in [-0.15, -0.1) is 23.1 Å². The highest BCUT2D eigenvalue weighted by molar-refractivity contribution is 7.98. The number of halogens is 1. The smallest absolute Gasteiger partial charge is 0.270 e. The Balaban J connectivity index is 1.77. The van der Waals surface area contributed by atoms with E-state index in [0.717, 1.165) is 10.5 Å². The van der Waals surface area contributed by atoms with E-state index in [0.29, 0.717) is 27.3 Å². The number of hydrazone groups is 1. The summed E-state index contributed by atoms with van der Waals surface area (Å²) in [6.45, 7) is 0. The molecule has 0 saturated carbocycles. The Labute approximate surface area is 168 Å². The minimum absolute atomic E-state index is 0.00536. The van der Waals surface area contributed by atoms with E-state index in [9.17, 15) is 10.1 Å². The molecule has 0 radical (unpaired) electrons. The Morgan fingerprint density at radius 3 is 2.78 bits per heavy atom. The lowest BCUT2D eigenvalue weighted by molar-refractivity contribution is -0.384. The van der Waals surface area contributed by atoms with E-state index in [4.69, 9.17) is 17.3 Å². The second kappa shape index (κ2) is 8.85. The van der Waals surface area contributed by atoms with Gasteiger partial charge < -0.3 is 5.73 Å². The summed E-state index contributed by atoms with van der Waals surface area (Å²) in [6, 6.07) is 12.3. The molecule has 0 amide bonds. The van der Waals surface area contributed by atoms with Crippen molar-refractivity contribution in [2.75, 3.05) is 11.2 Å². The highest BCUT2D eigenvalue weighted by Gasteiger charge is 2.10. The third kappa shape index (κ3) is 5.43. The summed E-state index contributed by atoms with van der Waals surface area (Å²) < 4.78 is 0. The normalized spacial score (nSPS) is 11.0. The van der Waals surface area contributed by atoms with Gasteiger partial charge in [0.05, 0.1) is 11.1 Å². The average Bonchev–Trinajstić information content (AvgIpc) is 3.07. The summed E-state index contributed by atoms with van der Waals surface area (Å²) in [6.07, 6.45) is 1.54. The van der Waals surface area contributed by atoms with E-state index in [1.807, 2.05) is 24.3 Å². The zero-order chi connectivity index (χ0) is 19.2. The number of hydrogen-bond donors (Lipinski definition) is 2. The summed E-state index contributed by atoms with van der Waals surface area (Å²) in [7, 11) is 0. The van der Waals surface area contributed by atoms with E-state index in [2.05, 4.69) is 15.5 Å². The molecule has 27 heavy (non-hydrogen) atoms. The number of non-ortho nitro benzene ring substituents is 1. The lowest BCUT2D eigenvalue weighted by atomic mass is 10.2. The van der Waals surface area contributed by atoms with Crippen molar-refractivity contribution in [1.82, 2.24) is 4.98 Å². The van der Waals surface area contributed by atoms with Crippen LogP contribution in [0.5, 0.6) is 0 Å². The van der Waals surface area contributed by atoms with Crippen molar-refractivity contribution in [2.45, 2.75) is 10.6 Å². The number of benzene rings is 2. The number of anilines is 2. The third-order valence-corrected chi connectivity index (χ3v) is 5.58. The minimum atomic E-state index is -0.431. The van der Waals surface area contributed by atoms with Crippen LogP contribution in [0.15, 0.2) is 57.8 Å². The number of nitro benzene ring substituents is 1. The number of rotatable bonds is 7. The van der Waals surface area contributed by atoms with Gasteiger partial charge in [-0.1, -0.05) is 23.7 Å². The Hall–Kier alpha value is -2.62. The van der Waals surface area contributed by atoms with Crippen molar-refractivity contribution >= 4 is 57.6 Å². The second-order valence-corrected chi connectivity index (χ2v) is 7.65. The number of aromatic nitrogens is 1. The van der Waals surface area contributed by atoms with Gasteiger partial charge in [0.25, 0.3) is 5.69 Å². The van der Waals surface area contributed by atoms with Crippen molar-refractivity contribution in [2.24, 2.45) is 5.10 Å². The van der Waals surface area contributed by atoms with E-state index in [1.54, 1.807) is 23.2 Å². The Morgan fingerprint density at radius 1 is 1.33 bits per heavy atom. The first-order chi connectivity index (χ1) is 13.0. The molecule has 0 fully saturated rings. The van der Waals surface area contributed by atoms with Gasteiger partial charge >= 0.3 is 0 Å². The predicted octanol–water partition coefficient (Wildman–Crippen LogP) is 5.03. The Morgan fingerprint density at radius 2 is 2.11 bits per heavy atom. The molecule has 3 rings (SSSR count). The van der Waals surface area contributed by atoms with Crippen molar-refractivity contribution in [3.05, 3.63) is 74.1 Å². The van der Waals surface area contributed by atoms with Gasteiger partial charge in [-0.3, -0.25) is 15.5 Å². The molecule has 0 saturated heterocycles. The summed E-state index contributed by atoms with van der Waals surface area (Å²) in [5.74, 6) is 1.11. The molecule has 1 aromatic heterocycles. The van der Waals surface area contributed by atoms with Crippen molar-refractivity contribution < 1.29 is 4.92 Å². The van der Waals surface area contributed by atoms with E-state index >= 15 is 0 Å². The zero-order valence-corrected chi connectivity index (χ0v) is 16.2. The molecule has 2 aromatic carbocycles. The van der Waals surface area contributed by atoms with Crippen LogP contribution in [-0.2, 0) is 5.75 Å². The molecular weight excluding hydrogens is 406 g/mol. The summed E-state index contributed by atoms with van der Waals surface area (Å²) >= 11 is 8.78. The maximum absolute atomic E-state index is 11.1. The molecule has 0 aliphatic rings. The maximum atomic E-state index is 11.1. The number of nitro groups is 1. The number of nitrogens with one attached hydrogen (secondary N) is 1. The van der Waals surface area contributed by atoms with Gasteiger partial charge in [0.1, 0.15) is 5.82 Å². The van der Waals surface area contributed by atoms with Gasteiger partial charge in [0.15, 0.2) is 0 Å². The van der Waals surface area contributed by atoms with Crippen LogP contribution in [0.2, 0.25) is 5.02 Å². The summed E-state index contributed by atoms with van der Waals surface area (Å²) in [5, 5.41) is 18.1. The fraction of sp³-hybridized carbons (Fsp3) is 0.0588. The predicted molar refractivity (Wildman–Crippen MR) is 112 cm³/mol. The molecule has 0 aliphatic heterocycles. The van der Waals surface area contributed by atoms with Crippen molar-refractivity contribution in [3.63, 3.8) is 0 Å². The lowest BCUT2D eigenvalue weighted by Gasteiger charge is -2.06. The monoisotopic (exact) mass is 419 g/mol. The highest BCUT2D eigenvalue weighted by atomic mass is 35.5. The first-order valence-electron chi connectivity index (χ1n) is 7.67. The number of nitrogen functional groups attached to an aromatic ring is 1. The molecule has 0 unspecified atom stereocenters. The van der Waals surface area contributed by atoms with Crippen LogP contribution in [-0.4, -0.2) is 16.1 Å². The maximum Gasteiger partial charge on any atom is 0.270 e. The largest absolute Gasteiger partial charge is 0.383 e. The number of thiazole rings is 1. The van der Waals surface area contributed by atoms with E-state index in [-0.39, 0.29) is 5.69 Å². The molecule has 7 nitrogen and oxygen atoms in total. The Kier molecular flexibility index (Phi) is 6.28. The number of nitrogens with zero attached hydrogens (tertiary/aromatic N) is 3. The third-order valence-electron chi connectivity index (χ3n) is 3.40. The van der Waals surface area contributed by atoms with Gasteiger partial charge in [-0.2, -0.15) is 5.10 Å². The van der Waals surface area contributed by atoms with E-state index < -0.39 is 4.92 Å². The van der Waals surface area contributed by atoms with Crippen LogP contribution in [0.1, 0.15) is 11.1 Å². The first-order valence-corrected chi connectivity index (χ1v) is 9.91. The average molecular weight is 420 g/mol. The van der Waals surface area contributed by atoms with Gasteiger partial charge in [-0.25, -0.2) is 4.98 Å². The summed E-state index contributed by atoms with van der Waals surface area (Å²) in [5.41, 5.74) is 10.1. The van der Waals surface area contributed by atoms with Crippen LogP contribution in [0, 0.1) is 10.1 Å². The standard InChI is InChI=1S/C17H14ClN5O2S2/c18-13-3-1-11(2-4-13)9-26-15-6-5-14(23(24)25)7-12(15)8-20-22-17-21-16(19)10-27-17/h1-8,10H,9,19H2,(H,21,22). The number of nitrogens with two attached hydrogens (primary N) is 1. The Bertz CT molecular complexity index is 976. The quantitative estimate of drug-likeness (QED) is 0.241. The summed E-state index contributed by atoms with van der Waals surface area (Å²) in [4.78, 5) is 15.6. The van der Waals surface area contributed by atoms with Crippen LogP contribution >= 0.6 is 34.7 Å². The fourth-order valence-corrected chi connectivity index (χ4v) is 3.75. The van der Waals surface area contributed by atoms with Crippen LogP contribution in [0.3, 0.4) is 0 Å². The van der Waals surface area contributed by atoms with E-state index in [1.165, 1.54) is 29.7 Å². The van der Waals surface area contributed by atoms with Gasteiger partial charge in [0.2, 0.25) is 5.13 Å². The van der Waals surface area contributed by atoms with Crippen molar-refractivity contribution in [1.29, 1.82) is 0 Å². The molecule has 1 heterocycles. The van der Waals surface area contributed by atoms with Crippen LogP contribution in [0.4, 0.5) is 16.6 Å². The fourth-order valence-electron chi connectivity index (χ4n) is 2.12. The second-order valence-electron chi connectivity index (χ2n) is 5.34.